The van der Waals surface area contributed by atoms with Crippen LogP contribution in [0.1, 0.15) is 22.3 Å². The molecule has 12 heavy (non-hydrogen) atoms. The minimum absolute atomic E-state index is 1.06. The van der Waals surface area contributed by atoms with Gasteiger partial charge in [-0.05, 0) is 49.9 Å². The van der Waals surface area contributed by atoms with Gasteiger partial charge in [0.1, 0.15) is 0 Å². The quantitative estimate of drug-likeness (QED) is 0.493. The third-order valence-electron chi connectivity index (χ3n) is 2.51. The first kappa shape index (κ1) is 9.07. The van der Waals surface area contributed by atoms with Crippen LogP contribution in [0.25, 0.3) is 0 Å². The highest BCUT2D eigenvalue weighted by atomic mass is 15.2. The fourth-order valence-electron chi connectivity index (χ4n) is 1.43. The zero-order valence-electron chi connectivity index (χ0n) is 8.15. The molecule has 0 aromatic heterocycles. The topological polar surface area (TPSA) is 38.0 Å². The van der Waals surface area contributed by atoms with Gasteiger partial charge in [0.2, 0.25) is 0 Å². The Bertz CT molecular complexity index is 277. The summed E-state index contributed by atoms with van der Waals surface area (Å²) in [6.45, 7) is 8.36. The molecule has 0 atom stereocenters. The number of benzene rings is 1. The summed E-state index contributed by atoms with van der Waals surface area (Å²) in [6.07, 6.45) is 0. The number of hydrogen-bond donors (Lipinski definition) is 2. The number of aryl methyl sites for hydroxylation is 2. The fraction of sp³-hybridized carbons (Fsp3) is 0.400. The molecule has 0 spiro atoms. The zero-order chi connectivity index (χ0) is 9.30. The zero-order valence-corrected chi connectivity index (χ0v) is 8.15. The van der Waals surface area contributed by atoms with E-state index in [9.17, 15) is 0 Å². The van der Waals surface area contributed by atoms with E-state index in [-0.39, 0.29) is 0 Å². The summed E-state index contributed by atoms with van der Waals surface area (Å²) in [7, 11) is 0. The molecule has 1 aromatic carbocycles. The van der Waals surface area contributed by atoms with Gasteiger partial charge >= 0.3 is 0 Å². The van der Waals surface area contributed by atoms with Crippen molar-refractivity contribution in [1.82, 2.24) is 0 Å². The van der Waals surface area contributed by atoms with Crippen molar-refractivity contribution in [2.24, 2.45) is 5.84 Å². The standard InChI is InChI=1S/C10H16N2/c1-6-5-7(2)9(4)10(12-11)8(6)3/h5,12H,11H2,1-4H3. The maximum absolute atomic E-state index is 5.44. The molecule has 0 bridgehead atoms. The summed E-state index contributed by atoms with van der Waals surface area (Å²) in [5, 5.41) is 0. The van der Waals surface area contributed by atoms with Gasteiger partial charge in [0.05, 0.1) is 5.69 Å². The molecular formula is C10H16N2. The highest BCUT2D eigenvalue weighted by Crippen LogP contribution is 2.25. The smallest absolute Gasteiger partial charge is 0.0548 e. The Morgan fingerprint density at radius 1 is 1.00 bits per heavy atom. The SMILES string of the molecule is Cc1cc(C)c(C)c(NN)c1C. The van der Waals surface area contributed by atoms with E-state index in [1.54, 1.807) is 0 Å². The molecule has 2 heteroatoms. The molecular weight excluding hydrogens is 148 g/mol. The Hall–Kier alpha value is -1.02. The summed E-state index contributed by atoms with van der Waals surface area (Å²) >= 11 is 0. The molecule has 0 amide bonds. The Morgan fingerprint density at radius 2 is 1.42 bits per heavy atom. The minimum atomic E-state index is 1.06. The van der Waals surface area contributed by atoms with E-state index in [0.717, 1.165) is 5.69 Å². The Kier molecular flexibility index (Phi) is 2.38. The third kappa shape index (κ3) is 1.30. The number of rotatable bonds is 1. The van der Waals surface area contributed by atoms with Crippen LogP contribution in [-0.4, -0.2) is 0 Å². The maximum Gasteiger partial charge on any atom is 0.0548 e. The van der Waals surface area contributed by atoms with Gasteiger partial charge in [-0.25, -0.2) is 0 Å². The van der Waals surface area contributed by atoms with E-state index in [1.807, 2.05) is 0 Å². The monoisotopic (exact) mass is 164 g/mol. The van der Waals surface area contributed by atoms with Crippen molar-refractivity contribution in [3.63, 3.8) is 0 Å². The van der Waals surface area contributed by atoms with E-state index in [0.29, 0.717) is 0 Å². The van der Waals surface area contributed by atoms with Gasteiger partial charge < -0.3 is 5.43 Å². The third-order valence-corrected chi connectivity index (χ3v) is 2.51. The molecule has 0 aliphatic heterocycles. The summed E-state index contributed by atoms with van der Waals surface area (Å²) in [5.41, 5.74) is 8.85. The second-order valence-corrected chi connectivity index (χ2v) is 3.28. The van der Waals surface area contributed by atoms with Gasteiger partial charge in [0.25, 0.3) is 0 Å². The van der Waals surface area contributed by atoms with Crippen molar-refractivity contribution in [2.75, 3.05) is 5.43 Å². The number of hydrazine groups is 1. The lowest BCUT2D eigenvalue weighted by Crippen LogP contribution is -2.11. The first-order valence-corrected chi connectivity index (χ1v) is 4.12. The van der Waals surface area contributed by atoms with Crippen molar-refractivity contribution in [3.8, 4) is 0 Å². The van der Waals surface area contributed by atoms with Crippen LogP contribution in [0.2, 0.25) is 0 Å². The molecule has 0 unspecified atom stereocenters. The van der Waals surface area contributed by atoms with Gasteiger partial charge in [0, 0.05) is 0 Å². The summed E-state index contributed by atoms with van der Waals surface area (Å²) < 4.78 is 0. The predicted octanol–water partition coefficient (Wildman–Crippen LogP) is 2.21. The van der Waals surface area contributed by atoms with Crippen molar-refractivity contribution >= 4 is 5.69 Å². The van der Waals surface area contributed by atoms with Crippen LogP contribution in [0.5, 0.6) is 0 Å². The molecule has 0 aliphatic carbocycles. The molecule has 66 valence electrons. The fourth-order valence-corrected chi connectivity index (χ4v) is 1.43. The number of hydrogen-bond acceptors (Lipinski definition) is 2. The second-order valence-electron chi connectivity index (χ2n) is 3.28. The summed E-state index contributed by atoms with van der Waals surface area (Å²) in [4.78, 5) is 0. The molecule has 1 rings (SSSR count). The minimum Gasteiger partial charge on any atom is -0.324 e. The number of nitrogen functional groups attached to an aromatic ring is 1. The predicted molar refractivity (Wildman–Crippen MR) is 53.2 cm³/mol. The number of nitrogens with one attached hydrogen (secondary N) is 1. The van der Waals surface area contributed by atoms with Gasteiger partial charge in [-0.1, -0.05) is 6.07 Å². The Labute approximate surface area is 73.8 Å². The molecule has 0 saturated carbocycles. The number of nitrogens with two attached hydrogens (primary N) is 1. The normalized spacial score (nSPS) is 10.1. The van der Waals surface area contributed by atoms with Crippen LogP contribution in [0.3, 0.4) is 0 Å². The molecule has 3 N–H and O–H groups in total. The van der Waals surface area contributed by atoms with Gasteiger partial charge in [-0.3, -0.25) is 5.84 Å². The lowest BCUT2D eigenvalue weighted by atomic mass is 9.99. The highest BCUT2D eigenvalue weighted by molar-refractivity contribution is 5.61. The van der Waals surface area contributed by atoms with Crippen LogP contribution in [-0.2, 0) is 0 Å². The van der Waals surface area contributed by atoms with Gasteiger partial charge in [-0.15, -0.1) is 0 Å². The van der Waals surface area contributed by atoms with E-state index in [1.165, 1.54) is 22.3 Å². The van der Waals surface area contributed by atoms with Crippen molar-refractivity contribution in [3.05, 3.63) is 28.3 Å². The van der Waals surface area contributed by atoms with Gasteiger partial charge in [0.15, 0.2) is 0 Å². The molecule has 1 aromatic rings. The molecule has 0 saturated heterocycles. The first-order chi connectivity index (χ1) is 5.57. The van der Waals surface area contributed by atoms with Crippen LogP contribution in [0.4, 0.5) is 5.69 Å². The average Bonchev–Trinajstić information content (AvgIpc) is 2.02. The summed E-state index contributed by atoms with van der Waals surface area (Å²) in [6, 6.07) is 2.19. The Morgan fingerprint density at radius 3 is 1.75 bits per heavy atom. The van der Waals surface area contributed by atoms with Crippen molar-refractivity contribution < 1.29 is 0 Å². The van der Waals surface area contributed by atoms with Crippen LogP contribution in [0, 0.1) is 27.7 Å². The van der Waals surface area contributed by atoms with Crippen molar-refractivity contribution in [2.45, 2.75) is 27.7 Å². The maximum atomic E-state index is 5.44. The molecule has 0 fully saturated rings. The lowest BCUT2D eigenvalue weighted by Gasteiger charge is -2.13. The molecule has 0 radical (unpaired) electrons. The van der Waals surface area contributed by atoms with Crippen LogP contribution < -0.4 is 11.3 Å². The lowest BCUT2D eigenvalue weighted by molar-refractivity contribution is 1.20. The van der Waals surface area contributed by atoms with Gasteiger partial charge in [-0.2, -0.15) is 0 Å². The van der Waals surface area contributed by atoms with Crippen LogP contribution in [0.15, 0.2) is 6.07 Å². The first-order valence-electron chi connectivity index (χ1n) is 4.12. The van der Waals surface area contributed by atoms with E-state index >= 15 is 0 Å². The Balaban J connectivity index is 3.42. The largest absolute Gasteiger partial charge is 0.324 e. The van der Waals surface area contributed by atoms with Crippen molar-refractivity contribution in [1.29, 1.82) is 0 Å². The molecule has 0 aliphatic rings. The van der Waals surface area contributed by atoms with E-state index in [4.69, 9.17) is 5.84 Å². The number of anilines is 1. The summed E-state index contributed by atoms with van der Waals surface area (Å²) in [5.74, 6) is 5.44. The van der Waals surface area contributed by atoms with E-state index in [2.05, 4.69) is 39.2 Å². The molecule has 0 heterocycles. The van der Waals surface area contributed by atoms with E-state index < -0.39 is 0 Å². The average molecular weight is 164 g/mol. The highest BCUT2D eigenvalue weighted by Gasteiger charge is 2.05. The molecule has 2 nitrogen and oxygen atoms in total. The van der Waals surface area contributed by atoms with Crippen LogP contribution >= 0.6 is 0 Å². The second kappa shape index (κ2) is 3.15.